The molecule has 0 saturated carbocycles. The smallest absolute Gasteiger partial charge is 0.144 e. The van der Waals surface area contributed by atoms with Gasteiger partial charge in [0.25, 0.3) is 0 Å². The van der Waals surface area contributed by atoms with Crippen molar-refractivity contribution < 1.29 is 4.74 Å². The number of rotatable bonds is 11. The van der Waals surface area contributed by atoms with Crippen molar-refractivity contribution in [1.29, 1.82) is 0 Å². The van der Waals surface area contributed by atoms with E-state index in [0.29, 0.717) is 19.0 Å². The van der Waals surface area contributed by atoms with Crippen molar-refractivity contribution in [2.75, 3.05) is 51.7 Å². The summed E-state index contributed by atoms with van der Waals surface area (Å²) >= 11 is 0. The van der Waals surface area contributed by atoms with Crippen LogP contribution >= 0.6 is 0 Å². The van der Waals surface area contributed by atoms with Crippen molar-refractivity contribution in [1.82, 2.24) is 29.3 Å². The lowest BCUT2D eigenvalue weighted by Gasteiger charge is -2.32. The number of nitrogens with two attached hydrogens (primary N) is 1. The molecule has 43 heavy (non-hydrogen) atoms. The molecule has 12 nitrogen and oxygen atoms in total. The molecule has 1 saturated heterocycles. The van der Waals surface area contributed by atoms with E-state index in [2.05, 4.69) is 59.1 Å². The maximum absolute atomic E-state index is 6.06. The Morgan fingerprint density at radius 2 is 1.91 bits per heavy atom. The zero-order chi connectivity index (χ0) is 30.0. The van der Waals surface area contributed by atoms with E-state index in [0.717, 1.165) is 78.0 Å². The number of fused-ring (bicyclic) bond motifs is 1. The number of imidazole rings is 1. The number of nitrogens with one attached hydrogen (secondary N) is 1. The molecule has 0 atom stereocenters. The molecule has 1 aliphatic rings. The first-order chi connectivity index (χ1) is 21.1. The molecule has 0 unspecified atom stereocenters. The Balaban J connectivity index is 1.15. The van der Waals surface area contributed by atoms with Gasteiger partial charge in [-0.25, -0.2) is 19.9 Å². The summed E-state index contributed by atoms with van der Waals surface area (Å²) in [7, 11) is 1.73. The highest BCUT2D eigenvalue weighted by Crippen LogP contribution is 2.23. The Labute approximate surface area is 251 Å². The monoisotopic (exact) mass is 579 g/mol. The van der Waals surface area contributed by atoms with E-state index in [4.69, 9.17) is 10.5 Å². The van der Waals surface area contributed by atoms with Gasteiger partial charge in [-0.05, 0) is 30.8 Å². The molecule has 3 aromatic heterocycles. The van der Waals surface area contributed by atoms with E-state index in [1.165, 1.54) is 0 Å². The van der Waals surface area contributed by atoms with Crippen LogP contribution in [0, 0.1) is 0 Å². The Morgan fingerprint density at radius 3 is 2.65 bits per heavy atom. The van der Waals surface area contributed by atoms with Crippen LogP contribution in [0.5, 0.6) is 5.75 Å². The van der Waals surface area contributed by atoms with Gasteiger partial charge >= 0.3 is 0 Å². The Morgan fingerprint density at radius 1 is 1.09 bits per heavy atom. The summed E-state index contributed by atoms with van der Waals surface area (Å²) in [6, 6.07) is 14.0. The number of nitrogens with zero attached hydrogens (tertiary/aromatic N) is 9. The second-order valence-electron chi connectivity index (χ2n) is 10.0. The first-order valence-electron chi connectivity index (χ1n) is 14.1. The highest BCUT2D eigenvalue weighted by molar-refractivity contribution is 6.09. The molecule has 1 aliphatic heterocycles. The van der Waals surface area contributed by atoms with Crippen LogP contribution in [0.15, 0.2) is 82.5 Å². The number of amidine groups is 1. The zero-order valence-electron chi connectivity index (χ0n) is 24.6. The first-order valence-corrected chi connectivity index (χ1v) is 14.1. The number of hydrazone groups is 1. The van der Waals surface area contributed by atoms with Crippen LogP contribution in [0.3, 0.4) is 0 Å². The molecule has 0 amide bonds. The number of hydrogen-bond acceptors (Lipinski definition) is 10. The fourth-order valence-corrected chi connectivity index (χ4v) is 4.79. The predicted octanol–water partition coefficient (Wildman–Crippen LogP) is 3.43. The maximum atomic E-state index is 6.06. The van der Waals surface area contributed by atoms with Crippen molar-refractivity contribution >= 4 is 35.8 Å². The summed E-state index contributed by atoms with van der Waals surface area (Å²) in [5.41, 5.74) is 11.2. The summed E-state index contributed by atoms with van der Waals surface area (Å²) in [6.45, 7) is 11.0. The number of pyridine rings is 1. The van der Waals surface area contributed by atoms with E-state index in [1.807, 2.05) is 59.1 Å². The number of hydrogen-bond donors (Lipinski definition) is 2. The van der Waals surface area contributed by atoms with Crippen LogP contribution < -0.4 is 15.8 Å². The molecule has 0 spiro atoms. The fourth-order valence-electron chi connectivity index (χ4n) is 4.79. The normalized spacial score (nSPS) is 14.9. The molecule has 5 rings (SSSR count). The van der Waals surface area contributed by atoms with Crippen molar-refractivity contribution in [3.63, 3.8) is 0 Å². The van der Waals surface area contributed by atoms with Gasteiger partial charge in [-0.2, -0.15) is 5.10 Å². The third-order valence-corrected chi connectivity index (χ3v) is 7.16. The quantitative estimate of drug-likeness (QED) is 0.204. The molecule has 4 heterocycles. The molecule has 0 aliphatic carbocycles. The van der Waals surface area contributed by atoms with Gasteiger partial charge in [0.1, 0.15) is 36.0 Å². The van der Waals surface area contributed by atoms with Gasteiger partial charge in [0, 0.05) is 82.6 Å². The van der Waals surface area contributed by atoms with Gasteiger partial charge in [-0.15, -0.1) is 0 Å². The van der Waals surface area contributed by atoms with Crippen LogP contribution in [-0.2, 0) is 6.54 Å². The lowest BCUT2D eigenvalue weighted by atomic mass is 10.1. The Kier molecular flexibility index (Phi) is 9.70. The molecule has 0 radical (unpaired) electrons. The number of benzene rings is 1. The van der Waals surface area contributed by atoms with Gasteiger partial charge in [0.15, 0.2) is 0 Å². The second-order valence-corrected chi connectivity index (χ2v) is 10.0. The van der Waals surface area contributed by atoms with Crippen molar-refractivity contribution in [3.05, 3.63) is 78.5 Å². The second kappa shape index (κ2) is 14.2. The van der Waals surface area contributed by atoms with Crippen molar-refractivity contribution in [3.8, 4) is 17.1 Å². The molecule has 3 N–H and O–H groups in total. The number of ether oxygens (including phenoxy) is 1. The summed E-state index contributed by atoms with van der Waals surface area (Å²) in [5.74, 6) is 2.21. The van der Waals surface area contributed by atoms with Crippen LogP contribution in [-0.4, -0.2) is 94.4 Å². The van der Waals surface area contributed by atoms with Gasteiger partial charge in [-0.3, -0.25) is 19.3 Å². The molecule has 0 bridgehead atoms. The van der Waals surface area contributed by atoms with E-state index in [1.54, 1.807) is 25.8 Å². The van der Waals surface area contributed by atoms with Crippen LogP contribution in [0.2, 0.25) is 0 Å². The molecule has 12 heteroatoms. The lowest BCUT2D eigenvalue weighted by molar-refractivity contribution is 0.119. The molecule has 1 fully saturated rings. The summed E-state index contributed by atoms with van der Waals surface area (Å²) in [6.07, 6.45) is 8.64. The van der Waals surface area contributed by atoms with Crippen LogP contribution in [0.1, 0.15) is 18.1 Å². The average Bonchev–Trinajstić information content (AvgIpc) is 3.47. The number of piperazine rings is 1. The molecule has 1 aromatic carbocycles. The number of allylic oxidation sites excluding steroid dienone is 1. The third-order valence-electron chi connectivity index (χ3n) is 7.16. The molecular formula is C31H37N11O. The average molecular weight is 580 g/mol. The van der Waals surface area contributed by atoms with E-state index in [9.17, 15) is 0 Å². The maximum Gasteiger partial charge on any atom is 0.144 e. The first kappa shape index (κ1) is 29.4. The molecule has 222 valence electrons. The van der Waals surface area contributed by atoms with Gasteiger partial charge in [0.2, 0.25) is 0 Å². The Hall–Kier alpha value is -5.10. The van der Waals surface area contributed by atoms with Crippen molar-refractivity contribution in [2.24, 2.45) is 20.8 Å². The van der Waals surface area contributed by atoms with Crippen molar-refractivity contribution in [2.45, 2.75) is 13.5 Å². The number of aliphatic imine (C=N–C) groups is 2. The standard InChI is InChI=1S/C31H37N11O/c1-23(34-3)39-41-12-10-40(11-13-41)14-15-43-27-8-9-42-29(21-36-31(42)16-27)28-17-30(38-22-37-28)35-19-24-4-6-25(7-5-24)26(18-32)20-33-2/h4-9,16-18,20-22H,3,10-15,19,32H2,1-2H3,(H,35,37,38)/b26-18+,33-20?,39-23-. The highest BCUT2D eigenvalue weighted by atomic mass is 16.5. The summed E-state index contributed by atoms with van der Waals surface area (Å²) in [4.78, 5) is 23.8. The fraction of sp³-hybridized carbons (Fsp3) is 0.290. The van der Waals surface area contributed by atoms with E-state index >= 15 is 0 Å². The molecular weight excluding hydrogens is 542 g/mol. The minimum absolute atomic E-state index is 0.599. The van der Waals surface area contributed by atoms with Crippen LogP contribution in [0.25, 0.3) is 22.6 Å². The van der Waals surface area contributed by atoms with Gasteiger partial charge in [-0.1, -0.05) is 24.3 Å². The largest absolute Gasteiger partial charge is 0.492 e. The lowest BCUT2D eigenvalue weighted by Crippen LogP contribution is -2.45. The minimum Gasteiger partial charge on any atom is -0.492 e. The summed E-state index contributed by atoms with van der Waals surface area (Å²) < 4.78 is 8.06. The number of aromatic nitrogens is 4. The SMILES string of the molecule is C=N/C(C)=N\N1CCN(CCOc2ccn3c(-c4cc(NCc5ccc(/C(C=NC)=C/N)cc5)ncn4)cnc3c2)CC1. The number of anilines is 1. The van der Waals surface area contributed by atoms with Gasteiger partial charge < -0.3 is 15.8 Å². The Bertz CT molecular complexity index is 1620. The third kappa shape index (κ3) is 7.60. The predicted molar refractivity (Wildman–Crippen MR) is 173 cm³/mol. The minimum atomic E-state index is 0.599. The van der Waals surface area contributed by atoms with Gasteiger partial charge in [0.05, 0.1) is 17.6 Å². The topological polar surface area (TPSA) is 134 Å². The summed E-state index contributed by atoms with van der Waals surface area (Å²) in [5, 5.41) is 9.87. The zero-order valence-corrected chi connectivity index (χ0v) is 24.6. The van der Waals surface area contributed by atoms with E-state index in [-0.39, 0.29) is 0 Å². The van der Waals surface area contributed by atoms with E-state index < -0.39 is 0 Å². The highest BCUT2D eigenvalue weighted by Gasteiger charge is 2.16. The van der Waals surface area contributed by atoms with Crippen LogP contribution in [0.4, 0.5) is 5.82 Å². The molecule has 4 aromatic rings.